The Morgan fingerprint density at radius 1 is 0.633 bits per heavy atom. The summed E-state index contributed by atoms with van der Waals surface area (Å²) in [5.74, 6) is -27.1. The van der Waals surface area contributed by atoms with Crippen LogP contribution in [0.1, 0.15) is 43.0 Å². The van der Waals surface area contributed by atoms with E-state index in [0.717, 1.165) is 42.9 Å². The van der Waals surface area contributed by atoms with Crippen molar-refractivity contribution in [2.75, 3.05) is 0 Å². The normalized spacial score (nSPS) is 16.8. The maximum Gasteiger partial charge on any atom is 0.376 e. The molecule has 49 heavy (non-hydrogen) atoms. The fourth-order valence-electron chi connectivity index (χ4n) is 4.37. The number of aromatic hydroxyl groups is 1. The lowest BCUT2D eigenvalue weighted by molar-refractivity contribution is -0.176. The Kier molecular flexibility index (Phi) is 9.11. The second kappa shape index (κ2) is 12.5. The van der Waals surface area contributed by atoms with E-state index in [1.54, 1.807) is 0 Å². The summed E-state index contributed by atoms with van der Waals surface area (Å²) in [5, 5.41) is 26.1. The molecule has 2 aromatic heterocycles. The average molecular weight is 700 g/mol. The van der Waals surface area contributed by atoms with Crippen molar-refractivity contribution in [1.29, 1.82) is 10.5 Å². The molecule has 0 spiro atoms. The van der Waals surface area contributed by atoms with Crippen LogP contribution in [0.5, 0.6) is 17.2 Å². The maximum atomic E-state index is 13.7. The van der Waals surface area contributed by atoms with Crippen molar-refractivity contribution in [2.24, 2.45) is 0 Å². The number of hydrogen-bond acceptors (Lipinski definition) is 8. The molecule has 6 rings (SSSR count). The van der Waals surface area contributed by atoms with E-state index in [0.29, 0.717) is 18.2 Å². The number of halogens is 11. The highest BCUT2D eigenvalue weighted by Crippen LogP contribution is 2.54. The van der Waals surface area contributed by atoms with E-state index in [9.17, 15) is 57.9 Å². The van der Waals surface area contributed by atoms with Crippen molar-refractivity contribution in [3.05, 3.63) is 112 Å². The van der Waals surface area contributed by atoms with Gasteiger partial charge >= 0.3 is 23.7 Å². The topological polar surface area (TPSA) is 137 Å². The molecule has 0 radical (unpaired) electrons. The highest BCUT2D eigenvalue weighted by molar-refractivity contribution is 6.10. The Hall–Kier alpha value is -6.11. The summed E-state index contributed by atoms with van der Waals surface area (Å²) in [7, 11) is 0. The van der Waals surface area contributed by atoms with E-state index in [2.05, 4.69) is 9.97 Å². The van der Waals surface area contributed by atoms with E-state index < -0.39 is 91.8 Å². The molecule has 252 valence electrons. The van der Waals surface area contributed by atoms with Crippen LogP contribution in [0.15, 0.2) is 61.2 Å². The fraction of sp³-hybridized carbons (Fsp3) is 0.133. The van der Waals surface area contributed by atoms with Gasteiger partial charge in [0.25, 0.3) is 0 Å². The van der Waals surface area contributed by atoms with Gasteiger partial charge in [0, 0.05) is 23.3 Å². The molecule has 2 heterocycles. The molecule has 2 aliphatic rings. The summed E-state index contributed by atoms with van der Waals surface area (Å²) >= 11 is 0. The fourth-order valence-corrected chi connectivity index (χ4v) is 4.37. The minimum Gasteiger partial charge on any atom is -0.506 e. The number of ether oxygens (including phenoxy) is 1. The van der Waals surface area contributed by atoms with Crippen molar-refractivity contribution in [1.82, 2.24) is 9.97 Å². The number of hydrogen-bond donors (Lipinski definition) is 1. The lowest BCUT2D eigenvalue weighted by Crippen LogP contribution is -2.38. The van der Waals surface area contributed by atoms with E-state index in [4.69, 9.17) is 20.4 Å². The van der Waals surface area contributed by atoms with Gasteiger partial charge in [-0.15, -0.1) is 0 Å². The van der Waals surface area contributed by atoms with Gasteiger partial charge in [-0.2, -0.15) is 45.6 Å². The van der Waals surface area contributed by atoms with Crippen molar-refractivity contribution in [3.63, 3.8) is 0 Å². The highest BCUT2D eigenvalue weighted by atomic mass is 19.3. The summed E-state index contributed by atoms with van der Waals surface area (Å²) in [6.07, 6.45) is 4.12. The molecule has 0 unspecified atom stereocenters. The first kappa shape index (κ1) is 35.7. The number of benzene rings is 2. The molecular weight excluding hydrogens is 689 g/mol. The lowest BCUT2D eigenvalue weighted by atomic mass is 10.0. The number of carbonyl (C=O) groups excluding carboxylic acids is 2. The van der Waals surface area contributed by atoms with Crippen LogP contribution in [0.4, 0.5) is 48.3 Å². The standard InChI is InChI=1S/C15H5F5N2O2.C10H2F5NO.C5H4FNO/c16-7-3-8(6-22-5-7)24-11-2-1-10-12(9(11)4-21)13(23)15(19,20)14(10,17)18;11-6-2-1-5-7(4(6)3-16)8(17)10(14,15)9(5,12)13;6-4-1-5(8)3-7-2-4/h1-3,5-6H;1-2H;1-3,8H. The molecule has 2 aliphatic carbocycles. The second-order valence-electron chi connectivity index (χ2n) is 9.69. The summed E-state index contributed by atoms with van der Waals surface area (Å²) in [6, 6.07) is 6.69. The van der Waals surface area contributed by atoms with E-state index in [-0.39, 0.29) is 11.5 Å². The SMILES string of the molecule is N#Cc1c(F)ccc2c1C(=O)C(F)(F)C2(F)F.N#Cc1c(Oc2cncc(F)c2)ccc2c1C(=O)C(F)(F)C2(F)F.Oc1cncc(F)c1. The predicted octanol–water partition coefficient (Wildman–Crippen LogP) is 7.36. The van der Waals surface area contributed by atoms with E-state index in [1.807, 2.05) is 0 Å². The first-order valence-electron chi connectivity index (χ1n) is 12.7. The van der Waals surface area contributed by atoms with Gasteiger partial charge in [-0.3, -0.25) is 19.6 Å². The molecule has 19 heteroatoms. The molecule has 0 fully saturated rings. The van der Waals surface area contributed by atoms with Gasteiger partial charge in [-0.25, -0.2) is 13.2 Å². The van der Waals surface area contributed by atoms with Crippen molar-refractivity contribution < 1.29 is 67.7 Å². The average Bonchev–Trinajstić information content (AvgIpc) is 3.25. The molecular formula is C30H11F11N4O4. The predicted molar refractivity (Wildman–Crippen MR) is 139 cm³/mol. The van der Waals surface area contributed by atoms with Crippen LogP contribution in [0.2, 0.25) is 0 Å². The van der Waals surface area contributed by atoms with Crippen LogP contribution in [-0.4, -0.2) is 38.5 Å². The maximum absolute atomic E-state index is 13.7. The molecule has 0 amide bonds. The zero-order chi connectivity index (χ0) is 36.7. The first-order chi connectivity index (χ1) is 22.7. The Balaban J connectivity index is 0.000000187. The Bertz CT molecular complexity index is 2080. The molecule has 0 bridgehead atoms. The molecule has 2 aromatic carbocycles. The first-order valence-corrected chi connectivity index (χ1v) is 12.7. The van der Waals surface area contributed by atoms with Crippen LogP contribution < -0.4 is 4.74 Å². The largest absolute Gasteiger partial charge is 0.506 e. The number of nitrogens with zero attached hydrogens (tertiary/aromatic N) is 4. The number of rotatable bonds is 2. The number of carbonyl (C=O) groups is 2. The van der Waals surface area contributed by atoms with Crippen LogP contribution in [0, 0.1) is 40.1 Å². The van der Waals surface area contributed by atoms with Gasteiger partial charge in [0.1, 0.15) is 52.4 Å². The molecule has 0 aliphatic heterocycles. The molecule has 8 nitrogen and oxygen atoms in total. The van der Waals surface area contributed by atoms with E-state index in [1.165, 1.54) is 12.3 Å². The molecule has 1 N–H and O–H groups in total. The van der Waals surface area contributed by atoms with Gasteiger partial charge in [0.15, 0.2) is 0 Å². The smallest absolute Gasteiger partial charge is 0.376 e. The number of pyridine rings is 2. The third kappa shape index (κ3) is 5.94. The Morgan fingerprint density at radius 3 is 1.55 bits per heavy atom. The minimum atomic E-state index is -4.96. The summed E-state index contributed by atoms with van der Waals surface area (Å²) < 4.78 is 150. The van der Waals surface area contributed by atoms with E-state index >= 15 is 0 Å². The van der Waals surface area contributed by atoms with Gasteiger partial charge in [0.2, 0.25) is 11.6 Å². The zero-order valence-corrected chi connectivity index (χ0v) is 23.4. The lowest BCUT2D eigenvalue weighted by Gasteiger charge is -2.17. The molecule has 0 saturated carbocycles. The summed E-state index contributed by atoms with van der Waals surface area (Å²) in [4.78, 5) is 29.6. The molecule has 0 saturated heterocycles. The minimum absolute atomic E-state index is 0.148. The van der Waals surface area contributed by atoms with Gasteiger partial charge in [0.05, 0.1) is 41.5 Å². The van der Waals surface area contributed by atoms with Gasteiger partial charge in [-0.1, -0.05) is 0 Å². The Morgan fingerprint density at radius 2 is 1.10 bits per heavy atom. The monoisotopic (exact) mass is 700 g/mol. The van der Waals surface area contributed by atoms with Gasteiger partial charge in [-0.05, 0) is 24.3 Å². The number of nitriles is 2. The van der Waals surface area contributed by atoms with Crippen LogP contribution in [0.3, 0.4) is 0 Å². The second-order valence-corrected chi connectivity index (χ2v) is 9.69. The third-order valence-electron chi connectivity index (χ3n) is 6.63. The number of aromatic nitrogens is 2. The quantitative estimate of drug-likeness (QED) is 0.214. The number of alkyl halides is 8. The summed E-state index contributed by atoms with van der Waals surface area (Å²) in [5.41, 5.74) is -6.76. The van der Waals surface area contributed by atoms with Crippen molar-refractivity contribution in [2.45, 2.75) is 23.7 Å². The third-order valence-corrected chi connectivity index (χ3v) is 6.63. The molecule has 0 atom stereocenters. The van der Waals surface area contributed by atoms with Crippen LogP contribution >= 0.6 is 0 Å². The van der Waals surface area contributed by atoms with Crippen LogP contribution in [-0.2, 0) is 11.8 Å². The Labute approximate surface area is 265 Å². The van der Waals surface area contributed by atoms with Crippen molar-refractivity contribution >= 4 is 11.6 Å². The van der Waals surface area contributed by atoms with Gasteiger partial charge < -0.3 is 9.84 Å². The summed E-state index contributed by atoms with van der Waals surface area (Å²) in [6.45, 7) is 0. The highest BCUT2D eigenvalue weighted by Gasteiger charge is 2.71. The number of fused-ring (bicyclic) bond motifs is 2. The number of Topliss-reactive ketones (excluding diaryl/α,β-unsaturated/α-hetero) is 2. The van der Waals surface area contributed by atoms with Crippen LogP contribution in [0.25, 0.3) is 0 Å². The zero-order valence-electron chi connectivity index (χ0n) is 23.4. The number of ketones is 2. The molecule has 4 aromatic rings. The van der Waals surface area contributed by atoms with Crippen molar-refractivity contribution in [3.8, 4) is 29.4 Å².